The van der Waals surface area contributed by atoms with E-state index in [1.165, 1.54) is 11.3 Å². The van der Waals surface area contributed by atoms with Gasteiger partial charge in [0.2, 0.25) is 0 Å². The Labute approximate surface area is 109 Å². The summed E-state index contributed by atoms with van der Waals surface area (Å²) >= 11 is 1.31. The van der Waals surface area contributed by atoms with Crippen LogP contribution in [0.15, 0.2) is 29.8 Å². The molecule has 0 aliphatic rings. The van der Waals surface area contributed by atoms with Crippen LogP contribution in [0.25, 0.3) is 0 Å². The second-order valence-corrected chi connectivity index (χ2v) is 4.84. The third kappa shape index (κ3) is 2.57. The number of para-hydroxylation sites is 1. The van der Waals surface area contributed by atoms with Crippen molar-refractivity contribution in [3.63, 3.8) is 0 Å². The van der Waals surface area contributed by atoms with Gasteiger partial charge in [0.1, 0.15) is 4.88 Å². The van der Waals surface area contributed by atoms with Crippen molar-refractivity contribution in [2.45, 2.75) is 20.0 Å². The molecular formula is C13H14N2O2S. The largest absolute Gasteiger partial charge is 0.389 e. The standard InChI is InChI=1S/C13H14N2O2S/c1-8-12(18-7-14-8)13(17)15-11-6-4-3-5-10(11)9(2)16/h3-7,9,16H,1-2H3,(H,15,17). The van der Waals surface area contributed by atoms with E-state index in [2.05, 4.69) is 10.3 Å². The number of nitrogens with one attached hydrogen (secondary N) is 1. The molecule has 5 heteroatoms. The molecule has 2 aromatic rings. The number of aliphatic hydroxyl groups excluding tert-OH is 1. The zero-order valence-corrected chi connectivity index (χ0v) is 11.0. The highest BCUT2D eigenvalue weighted by molar-refractivity contribution is 7.12. The van der Waals surface area contributed by atoms with Crippen LogP contribution in [0, 0.1) is 6.92 Å². The van der Waals surface area contributed by atoms with Gasteiger partial charge in [0.05, 0.1) is 17.3 Å². The number of carbonyl (C=O) groups is 1. The summed E-state index contributed by atoms with van der Waals surface area (Å²) in [4.78, 5) is 16.7. The number of rotatable bonds is 3. The lowest BCUT2D eigenvalue weighted by molar-refractivity contribution is 0.102. The smallest absolute Gasteiger partial charge is 0.267 e. The zero-order valence-electron chi connectivity index (χ0n) is 10.2. The molecule has 1 aromatic heterocycles. The predicted molar refractivity (Wildman–Crippen MR) is 71.9 cm³/mol. The maximum absolute atomic E-state index is 12.0. The van der Waals surface area contributed by atoms with Gasteiger partial charge in [0, 0.05) is 11.3 Å². The molecule has 4 nitrogen and oxygen atoms in total. The lowest BCUT2D eigenvalue weighted by Crippen LogP contribution is -2.13. The Morgan fingerprint density at radius 3 is 2.78 bits per heavy atom. The highest BCUT2D eigenvalue weighted by atomic mass is 32.1. The van der Waals surface area contributed by atoms with Gasteiger partial charge in [-0.1, -0.05) is 18.2 Å². The van der Waals surface area contributed by atoms with Gasteiger partial charge in [-0.2, -0.15) is 0 Å². The van der Waals surface area contributed by atoms with Gasteiger partial charge in [-0.3, -0.25) is 4.79 Å². The molecule has 1 heterocycles. The minimum Gasteiger partial charge on any atom is -0.389 e. The Balaban J connectivity index is 2.25. The van der Waals surface area contributed by atoms with E-state index in [9.17, 15) is 9.90 Å². The van der Waals surface area contributed by atoms with Gasteiger partial charge >= 0.3 is 0 Å². The van der Waals surface area contributed by atoms with E-state index < -0.39 is 6.10 Å². The minimum atomic E-state index is -0.621. The summed E-state index contributed by atoms with van der Waals surface area (Å²) in [7, 11) is 0. The van der Waals surface area contributed by atoms with Crippen LogP contribution in [0.3, 0.4) is 0 Å². The van der Waals surface area contributed by atoms with Crippen LogP contribution in [0.4, 0.5) is 5.69 Å². The van der Waals surface area contributed by atoms with Crippen molar-refractivity contribution in [3.8, 4) is 0 Å². The van der Waals surface area contributed by atoms with E-state index in [0.717, 1.165) is 0 Å². The Kier molecular flexibility index (Phi) is 3.74. The Morgan fingerprint density at radius 2 is 2.17 bits per heavy atom. The normalized spacial score (nSPS) is 12.2. The second-order valence-electron chi connectivity index (χ2n) is 3.98. The van der Waals surface area contributed by atoms with Crippen LogP contribution < -0.4 is 5.32 Å². The highest BCUT2D eigenvalue weighted by Gasteiger charge is 2.14. The summed E-state index contributed by atoms with van der Waals surface area (Å²) in [5.41, 5.74) is 3.69. The lowest BCUT2D eigenvalue weighted by Gasteiger charge is -2.12. The number of anilines is 1. The summed E-state index contributed by atoms with van der Waals surface area (Å²) in [6, 6.07) is 7.22. The molecule has 1 unspecified atom stereocenters. The van der Waals surface area contributed by atoms with Crippen LogP contribution >= 0.6 is 11.3 Å². The first-order chi connectivity index (χ1) is 8.59. The molecule has 1 atom stereocenters. The van der Waals surface area contributed by atoms with Crippen molar-refractivity contribution in [2.75, 3.05) is 5.32 Å². The van der Waals surface area contributed by atoms with Gasteiger partial charge in [0.25, 0.3) is 5.91 Å². The number of benzene rings is 1. The highest BCUT2D eigenvalue weighted by Crippen LogP contribution is 2.23. The summed E-state index contributed by atoms with van der Waals surface area (Å²) in [5.74, 6) is -0.192. The average molecular weight is 262 g/mol. The van der Waals surface area contributed by atoms with Crippen LogP contribution in [0.1, 0.15) is 34.0 Å². The third-order valence-corrected chi connectivity index (χ3v) is 3.54. The summed E-state index contributed by atoms with van der Waals surface area (Å²) in [5, 5.41) is 12.4. The molecule has 0 saturated carbocycles. The maximum atomic E-state index is 12.0. The first kappa shape index (κ1) is 12.7. The molecule has 0 radical (unpaired) electrons. The molecule has 0 spiro atoms. The topological polar surface area (TPSA) is 62.2 Å². The average Bonchev–Trinajstić information content (AvgIpc) is 2.76. The Morgan fingerprint density at radius 1 is 1.44 bits per heavy atom. The van der Waals surface area contributed by atoms with Gasteiger partial charge in [-0.25, -0.2) is 4.98 Å². The number of hydrogen-bond donors (Lipinski definition) is 2. The van der Waals surface area contributed by atoms with Crippen LogP contribution in [-0.2, 0) is 0 Å². The molecule has 94 valence electrons. The molecule has 0 aliphatic carbocycles. The molecule has 0 aliphatic heterocycles. The van der Waals surface area contributed by atoms with E-state index in [0.29, 0.717) is 21.8 Å². The number of amides is 1. The second kappa shape index (κ2) is 5.29. The van der Waals surface area contributed by atoms with Crippen molar-refractivity contribution >= 4 is 22.9 Å². The number of hydrogen-bond acceptors (Lipinski definition) is 4. The minimum absolute atomic E-state index is 0.192. The maximum Gasteiger partial charge on any atom is 0.267 e. The van der Waals surface area contributed by atoms with Gasteiger partial charge in [0.15, 0.2) is 0 Å². The lowest BCUT2D eigenvalue weighted by atomic mass is 10.1. The molecule has 1 amide bonds. The van der Waals surface area contributed by atoms with E-state index in [1.54, 1.807) is 31.5 Å². The van der Waals surface area contributed by atoms with Crippen molar-refractivity contribution in [1.29, 1.82) is 0 Å². The monoisotopic (exact) mass is 262 g/mol. The fourth-order valence-electron chi connectivity index (χ4n) is 1.67. The molecule has 1 aromatic carbocycles. The Hall–Kier alpha value is -1.72. The van der Waals surface area contributed by atoms with Crippen molar-refractivity contribution < 1.29 is 9.90 Å². The zero-order chi connectivity index (χ0) is 13.1. The van der Waals surface area contributed by atoms with E-state index in [-0.39, 0.29) is 5.91 Å². The summed E-state index contributed by atoms with van der Waals surface area (Å²) < 4.78 is 0. The number of nitrogens with zero attached hydrogens (tertiary/aromatic N) is 1. The van der Waals surface area contributed by atoms with Crippen molar-refractivity contribution in [3.05, 3.63) is 45.9 Å². The summed E-state index contributed by atoms with van der Waals surface area (Å²) in [6.45, 7) is 3.47. The third-order valence-electron chi connectivity index (χ3n) is 2.61. The number of aliphatic hydroxyl groups is 1. The SMILES string of the molecule is Cc1ncsc1C(=O)Nc1ccccc1C(C)O. The predicted octanol–water partition coefficient (Wildman–Crippen LogP) is 2.76. The van der Waals surface area contributed by atoms with Crippen LogP contribution in [-0.4, -0.2) is 16.0 Å². The van der Waals surface area contributed by atoms with E-state index >= 15 is 0 Å². The molecule has 2 rings (SSSR count). The number of aryl methyl sites for hydroxylation is 1. The molecule has 0 saturated heterocycles. The van der Waals surface area contributed by atoms with E-state index in [1.807, 2.05) is 12.1 Å². The Bertz CT molecular complexity index is 564. The molecule has 2 N–H and O–H groups in total. The summed E-state index contributed by atoms with van der Waals surface area (Å²) in [6.07, 6.45) is -0.621. The molecular weight excluding hydrogens is 248 g/mol. The first-order valence-corrected chi connectivity index (χ1v) is 6.46. The fraction of sp³-hybridized carbons (Fsp3) is 0.231. The van der Waals surface area contributed by atoms with Crippen molar-refractivity contribution in [2.24, 2.45) is 0 Å². The number of thiazole rings is 1. The van der Waals surface area contributed by atoms with Gasteiger partial charge in [-0.05, 0) is 19.9 Å². The molecule has 18 heavy (non-hydrogen) atoms. The van der Waals surface area contributed by atoms with Gasteiger partial charge < -0.3 is 10.4 Å². The van der Waals surface area contributed by atoms with Crippen LogP contribution in [0.2, 0.25) is 0 Å². The van der Waals surface area contributed by atoms with Gasteiger partial charge in [-0.15, -0.1) is 11.3 Å². The first-order valence-electron chi connectivity index (χ1n) is 5.58. The molecule has 0 bridgehead atoms. The molecule has 0 fully saturated rings. The number of carbonyl (C=O) groups excluding carboxylic acids is 1. The van der Waals surface area contributed by atoms with Crippen LogP contribution in [0.5, 0.6) is 0 Å². The van der Waals surface area contributed by atoms with E-state index in [4.69, 9.17) is 0 Å². The number of aromatic nitrogens is 1. The fourth-order valence-corrected chi connectivity index (χ4v) is 2.37. The quantitative estimate of drug-likeness (QED) is 0.894. The van der Waals surface area contributed by atoms with Crippen molar-refractivity contribution in [1.82, 2.24) is 4.98 Å².